The SMILES string of the molecule is C/C(=C/C(=O)O)COc1c(F)cccc1F. The fourth-order valence-corrected chi connectivity index (χ4v) is 1.06. The molecule has 1 aromatic rings. The van der Waals surface area contributed by atoms with Crippen molar-refractivity contribution in [2.75, 3.05) is 6.61 Å². The summed E-state index contributed by atoms with van der Waals surface area (Å²) in [6, 6.07) is 3.35. The number of aliphatic carboxylic acids is 1. The van der Waals surface area contributed by atoms with Crippen LogP contribution in [0.15, 0.2) is 29.8 Å². The molecule has 5 heteroatoms. The Morgan fingerprint density at radius 3 is 2.50 bits per heavy atom. The molecule has 0 atom stereocenters. The normalized spacial score (nSPS) is 11.3. The predicted octanol–water partition coefficient (Wildman–Crippen LogP) is 2.37. The molecule has 0 bridgehead atoms. The summed E-state index contributed by atoms with van der Waals surface area (Å²) in [5, 5.41) is 8.41. The maximum atomic E-state index is 13.1. The van der Waals surface area contributed by atoms with Gasteiger partial charge in [-0.3, -0.25) is 0 Å². The maximum Gasteiger partial charge on any atom is 0.328 e. The first-order valence-electron chi connectivity index (χ1n) is 4.47. The van der Waals surface area contributed by atoms with Gasteiger partial charge in [-0.1, -0.05) is 6.07 Å². The largest absolute Gasteiger partial charge is 0.483 e. The highest BCUT2D eigenvalue weighted by Crippen LogP contribution is 2.21. The molecule has 0 unspecified atom stereocenters. The van der Waals surface area contributed by atoms with Crippen LogP contribution in [0.1, 0.15) is 6.92 Å². The molecule has 0 saturated heterocycles. The molecule has 0 fully saturated rings. The summed E-state index contributed by atoms with van der Waals surface area (Å²) >= 11 is 0. The minimum absolute atomic E-state index is 0.176. The van der Waals surface area contributed by atoms with Crippen molar-refractivity contribution in [2.45, 2.75) is 6.92 Å². The Morgan fingerprint density at radius 2 is 2.00 bits per heavy atom. The van der Waals surface area contributed by atoms with Gasteiger partial charge in [0, 0.05) is 6.08 Å². The lowest BCUT2D eigenvalue weighted by molar-refractivity contribution is -0.131. The molecule has 0 saturated carbocycles. The molecule has 1 N–H and O–H groups in total. The Bertz CT molecular complexity index is 407. The van der Waals surface area contributed by atoms with Gasteiger partial charge in [-0.15, -0.1) is 0 Å². The molecule has 0 aliphatic heterocycles. The first kappa shape index (κ1) is 12.2. The van der Waals surface area contributed by atoms with E-state index >= 15 is 0 Å². The van der Waals surface area contributed by atoms with E-state index in [1.807, 2.05) is 0 Å². The second-order valence-electron chi connectivity index (χ2n) is 3.17. The summed E-state index contributed by atoms with van der Waals surface area (Å²) in [5.74, 6) is -3.26. The molecule has 3 nitrogen and oxygen atoms in total. The van der Waals surface area contributed by atoms with Crippen LogP contribution in [0, 0.1) is 11.6 Å². The topological polar surface area (TPSA) is 46.5 Å². The van der Waals surface area contributed by atoms with Gasteiger partial charge in [-0.2, -0.15) is 0 Å². The van der Waals surface area contributed by atoms with E-state index in [1.54, 1.807) is 0 Å². The van der Waals surface area contributed by atoms with Crippen LogP contribution in [0.5, 0.6) is 5.75 Å². The Morgan fingerprint density at radius 1 is 1.44 bits per heavy atom. The third-order valence-electron chi connectivity index (χ3n) is 1.73. The predicted molar refractivity (Wildman–Crippen MR) is 53.2 cm³/mol. The van der Waals surface area contributed by atoms with Crippen molar-refractivity contribution in [1.82, 2.24) is 0 Å². The molecule has 0 aliphatic carbocycles. The van der Waals surface area contributed by atoms with Crippen molar-refractivity contribution in [3.05, 3.63) is 41.5 Å². The zero-order chi connectivity index (χ0) is 12.1. The number of hydrogen-bond donors (Lipinski definition) is 1. The molecule has 0 amide bonds. The van der Waals surface area contributed by atoms with Crippen LogP contribution < -0.4 is 4.74 Å². The summed E-state index contributed by atoms with van der Waals surface area (Å²) in [7, 11) is 0. The molecule has 0 spiro atoms. The average molecular weight is 228 g/mol. The fourth-order valence-electron chi connectivity index (χ4n) is 1.06. The zero-order valence-electron chi connectivity index (χ0n) is 8.54. The Labute approximate surface area is 91.0 Å². The highest BCUT2D eigenvalue weighted by Gasteiger charge is 2.09. The first-order valence-corrected chi connectivity index (χ1v) is 4.47. The van der Waals surface area contributed by atoms with Crippen molar-refractivity contribution < 1.29 is 23.4 Å². The number of para-hydroxylation sites is 1. The highest BCUT2D eigenvalue weighted by atomic mass is 19.1. The van der Waals surface area contributed by atoms with Gasteiger partial charge in [0.05, 0.1) is 0 Å². The van der Waals surface area contributed by atoms with Crippen molar-refractivity contribution in [3.8, 4) is 5.75 Å². The van der Waals surface area contributed by atoms with Gasteiger partial charge in [0.1, 0.15) is 6.61 Å². The number of halogens is 2. The minimum Gasteiger partial charge on any atom is -0.483 e. The van der Waals surface area contributed by atoms with E-state index in [1.165, 1.54) is 13.0 Å². The average Bonchev–Trinajstić information content (AvgIpc) is 2.15. The van der Waals surface area contributed by atoms with E-state index < -0.39 is 23.4 Å². The minimum atomic E-state index is -1.13. The smallest absolute Gasteiger partial charge is 0.328 e. The number of carbonyl (C=O) groups is 1. The summed E-state index contributed by atoms with van der Waals surface area (Å²) in [6.07, 6.45) is 0.915. The van der Waals surface area contributed by atoms with Crippen LogP contribution in [0.2, 0.25) is 0 Å². The molecule has 1 aromatic carbocycles. The lowest BCUT2D eigenvalue weighted by Gasteiger charge is -2.07. The van der Waals surface area contributed by atoms with Gasteiger partial charge < -0.3 is 9.84 Å². The molecule has 0 radical (unpaired) electrons. The quantitative estimate of drug-likeness (QED) is 0.805. The number of rotatable bonds is 4. The van der Waals surface area contributed by atoms with E-state index in [9.17, 15) is 13.6 Å². The Balaban J connectivity index is 2.72. The van der Waals surface area contributed by atoms with Crippen LogP contribution in [0.3, 0.4) is 0 Å². The van der Waals surface area contributed by atoms with Crippen LogP contribution in [0.25, 0.3) is 0 Å². The second-order valence-corrected chi connectivity index (χ2v) is 3.17. The summed E-state index contributed by atoms with van der Waals surface area (Å²) < 4.78 is 31.0. The monoisotopic (exact) mass is 228 g/mol. The summed E-state index contributed by atoms with van der Waals surface area (Å²) in [4.78, 5) is 10.3. The van der Waals surface area contributed by atoms with E-state index in [4.69, 9.17) is 9.84 Å². The number of carboxylic acids is 1. The lowest BCUT2D eigenvalue weighted by Crippen LogP contribution is -2.04. The summed E-state index contributed by atoms with van der Waals surface area (Å²) in [6.45, 7) is 1.32. The fraction of sp³-hybridized carbons (Fsp3) is 0.182. The molecule has 86 valence electrons. The summed E-state index contributed by atoms with van der Waals surface area (Å²) in [5.41, 5.74) is 0.357. The molecular formula is C11H10F2O3. The molecule has 16 heavy (non-hydrogen) atoms. The zero-order valence-corrected chi connectivity index (χ0v) is 8.54. The van der Waals surface area contributed by atoms with E-state index in [2.05, 4.69) is 0 Å². The van der Waals surface area contributed by atoms with Crippen molar-refractivity contribution in [3.63, 3.8) is 0 Å². The molecule has 0 aliphatic rings. The van der Waals surface area contributed by atoms with Crippen LogP contribution >= 0.6 is 0 Å². The van der Waals surface area contributed by atoms with Crippen LogP contribution in [-0.4, -0.2) is 17.7 Å². The number of carboxylic acid groups (broad SMARTS) is 1. The van der Waals surface area contributed by atoms with Crippen molar-refractivity contribution in [1.29, 1.82) is 0 Å². The van der Waals surface area contributed by atoms with Crippen LogP contribution in [0.4, 0.5) is 8.78 Å². The van der Waals surface area contributed by atoms with Gasteiger partial charge in [0.15, 0.2) is 17.4 Å². The van der Waals surface area contributed by atoms with Crippen LogP contribution in [-0.2, 0) is 4.79 Å². The van der Waals surface area contributed by atoms with E-state index in [0.717, 1.165) is 18.2 Å². The standard InChI is InChI=1S/C11H10F2O3/c1-7(5-10(14)15)6-16-11-8(12)3-2-4-9(11)13/h2-5H,6H2,1H3,(H,14,15)/b7-5-. The van der Waals surface area contributed by atoms with Crippen molar-refractivity contribution >= 4 is 5.97 Å². The lowest BCUT2D eigenvalue weighted by atomic mass is 10.3. The Kier molecular flexibility index (Phi) is 3.99. The van der Waals surface area contributed by atoms with Gasteiger partial charge in [-0.25, -0.2) is 13.6 Å². The molecule has 0 heterocycles. The van der Waals surface area contributed by atoms with Crippen molar-refractivity contribution in [2.24, 2.45) is 0 Å². The van der Waals surface area contributed by atoms with Gasteiger partial charge >= 0.3 is 5.97 Å². The van der Waals surface area contributed by atoms with Gasteiger partial charge in [0.25, 0.3) is 0 Å². The number of benzene rings is 1. The Hall–Kier alpha value is -1.91. The maximum absolute atomic E-state index is 13.1. The van der Waals surface area contributed by atoms with Gasteiger partial charge in [-0.05, 0) is 24.6 Å². The molecular weight excluding hydrogens is 218 g/mol. The van der Waals surface area contributed by atoms with E-state index in [0.29, 0.717) is 5.57 Å². The number of hydrogen-bond acceptors (Lipinski definition) is 2. The third-order valence-corrected chi connectivity index (χ3v) is 1.73. The highest BCUT2D eigenvalue weighted by molar-refractivity contribution is 5.80. The third kappa shape index (κ3) is 3.34. The second kappa shape index (κ2) is 5.25. The molecule has 0 aromatic heterocycles. The number of ether oxygens (including phenoxy) is 1. The first-order chi connectivity index (χ1) is 7.50. The van der Waals surface area contributed by atoms with Gasteiger partial charge in [0.2, 0.25) is 0 Å². The molecule has 1 rings (SSSR count). The van der Waals surface area contributed by atoms with E-state index in [-0.39, 0.29) is 6.61 Å².